The molecule has 1 aliphatic rings. The van der Waals surface area contributed by atoms with Crippen molar-refractivity contribution in [2.24, 2.45) is 0 Å². The second kappa shape index (κ2) is 3.95. The minimum Gasteiger partial charge on any atom is -0.297 e. The maximum absolute atomic E-state index is 11.7. The lowest BCUT2D eigenvalue weighted by atomic mass is 10.1. The van der Waals surface area contributed by atoms with Gasteiger partial charge in [-0.1, -0.05) is 13.3 Å². The summed E-state index contributed by atoms with van der Waals surface area (Å²) in [5.74, 6) is 0.993. The summed E-state index contributed by atoms with van der Waals surface area (Å²) < 4.78 is 1.82. The lowest BCUT2D eigenvalue weighted by Gasteiger charge is -2.17. The van der Waals surface area contributed by atoms with E-state index in [1.807, 2.05) is 4.57 Å². The second-order valence-electron chi connectivity index (χ2n) is 3.86. The molecule has 2 heterocycles. The second-order valence-corrected chi connectivity index (χ2v) is 3.86. The lowest BCUT2D eigenvalue weighted by Crippen LogP contribution is -2.28. The molecule has 0 bridgehead atoms. The fraction of sp³-hybridized carbons (Fsp3) is 0.636. The van der Waals surface area contributed by atoms with Crippen molar-refractivity contribution in [1.82, 2.24) is 9.55 Å². The fourth-order valence-corrected chi connectivity index (χ4v) is 1.97. The third kappa shape index (κ3) is 1.72. The normalized spacial score (nSPS) is 15.2. The molecule has 0 radical (unpaired) electrons. The average molecular weight is 192 g/mol. The molecule has 3 nitrogen and oxygen atoms in total. The first kappa shape index (κ1) is 9.44. The molecule has 1 aliphatic heterocycles. The Bertz CT molecular complexity index is 381. The summed E-state index contributed by atoms with van der Waals surface area (Å²) in [6.45, 7) is 2.96. The number of hydrogen-bond acceptors (Lipinski definition) is 2. The minimum atomic E-state index is 0.137. The van der Waals surface area contributed by atoms with Crippen LogP contribution in [-0.2, 0) is 19.4 Å². The molecular weight excluding hydrogens is 176 g/mol. The zero-order valence-electron chi connectivity index (χ0n) is 8.62. The smallest absolute Gasteiger partial charge is 0.253 e. The third-order valence-electron chi connectivity index (χ3n) is 2.68. The third-order valence-corrected chi connectivity index (χ3v) is 2.68. The molecule has 0 aromatic carbocycles. The molecule has 0 N–H and O–H groups in total. The van der Waals surface area contributed by atoms with E-state index < -0.39 is 0 Å². The monoisotopic (exact) mass is 192 g/mol. The minimum absolute atomic E-state index is 0.137. The van der Waals surface area contributed by atoms with Crippen molar-refractivity contribution >= 4 is 0 Å². The van der Waals surface area contributed by atoms with Crippen LogP contribution in [-0.4, -0.2) is 9.55 Å². The summed E-state index contributed by atoms with van der Waals surface area (Å²) in [6, 6.07) is 1.69. The van der Waals surface area contributed by atoms with Crippen LogP contribution < -0.4 is 5.56 Å². The van der Waals surface area contributed by atoms with E-state index in [1.165, 1.54) is 6.42 Å². The highest BCUT2D eigenvalue weighted by Gasteiger charge is 2.12. The topological polar surface area (TPSA) is 34.9 Å². The Hall–Kier alpha value is -1.12. The average Bonchev–Trinajstić information content (AvgIpc) is 2.18. The maximum atomic E-state index is 11.7. The van der Waals surface area contributed by atoms with Gasteiger partial charge in [-0.25, -0.2) is 4.98 Å². The number of aromatic nitrogens is 2. The van der Waals surface area contributed by atoms with Gasteiger partial charge < -0.3 is 0 Å². The van der Waals surface area contributed by atoms with Crippen molar-refractivity contribution in [1.29, 1.82) is 0 Å². The van der Waals surface area contributed by atoms with E-state index in [9.17, 15) is 4.79 Å². The number of rotatable bonds is 2. The molecule has 0 fully saturated rings. The molecule has 1 aromatic rings. The summed E-state index contributed by atoms with van der Waals surface area (Å²) in [7, 11) is 0. The zero-order valence-corrected chi connectivity index (χ0v) is 8.62. The van der Waals surface area contributed by atoms with Gasteiger partial charge in [-0.2, -0.15) is 0 Å². The number of fused-ring (bicyclic) bond motifs is 1. The van der Waals surface area contributed by atoms with Gasteiger partial charge in [-0.05, 0) is 19.3 Å². The summed E-state index contributed by atoms with van der Waals surface area (Å²) >= 11 is 0. The van der Waals surface area contributed by atoms with Crippen LogP contribution in [0.1, 0.15) is 37.7 Å². The summed E-state index contributed by atoms with van der Waals surface area (Å²) in [4.78, 5) is 16.2. The first-order chi connectivity index (χ1) is 6.81. The van der Waals surface area contributed by atoms with Gasteiger partial charge in [0, 0.05) is 24.7 Å². The predicted molar refractivity (Wildman–Crippen MR) is 55.4 cm³/mol. The molecule has 3 heteroatoms. The van der Waals surface area contributed by atoms with E-state index in [4.69, 9.17) is 0 Å². The van der Waals surface area contributed by atoms with Crippen LogP contribution in [0, 0.1) is 0 Å². The standard InChI is InChI=1S/C11H16N2O/c1-2-5-9-8-11(14)13-7-4-3-6-10(13)12-9/h8H,2-7H2,1H3. The summed E-state index contributed by atoms with van der Waals surface area (Å²) in [5, 5.41) is 0. The number of hydrogen-bond donors (Lipinski definition) is 0. The van der Waals surface area contributed by atoms with E-state index >= 15 is 0 Å². The SMILES string of the molecule is CCCc1cc(=O)n2c(n1)CCCC2. The van der Waals surface area contributed by atoms with Gasteiger partial charge in [-0.3, -0.25) is 9.36 Å². The van der Waals surface area contributed by atoms with Crippen molar-refractivity contribution in [2.75, 3.05) is 0 Å². The molecular formula is C11H16N2O. The van der Waals surface area contributed by atoms with Gasteiger partial charge in [0.1, 0.15) is 5.82 Å². The largest absolute Gasteiger partial charge is 0.297 e. The Labute approximate surface area is 83.8 Å². The first-order valence-electron chi connectivity index (χ1n) is 5.41. The highest BCUT2D eigenvalue weighted by molar-refractivity contribution is 5.06. The predicted octanol–water partition coefficient (Wildman–Crippen LogP) is 1.53. The van der Waals surface area contributed by atoms with Gasteiger partial charge >= 0.3 is 0 Å². The maximum Gasteiger partial charge on any atom is 0.253 e. The molecule has 0 atom stereocenters. The Kier molecular flexibility index (Phi) is 2.66. The van der Waals surface area contributed by atoms with Crippen LogP contribution in [0.2, 0.25) is 0 Å². The van der Waals surface area contributed by atoms with Gasteiger partial charge in [0.25, 0.3) is 5.56 Å². The highest BCUT2D eigenvalue weighted by Crippen LogP contribution is 2.10. The van der Waals surface area contributed by atoms with E-state index in [-0.39, 0.29) is 5.56 Å². The molecule has 0 amide bonds. The Morgan fingerprint density at radius 3 is 3.14 bits per heavy atom. The quantitative estimate of drug-likeness (QED) is 0.712. The van der Waals surface area contributed by atoms with Gasteiger partial charge in [0.15, 0.2) is 0 Å². The van der Waals surface area contributed by atoms with Gasteiger partial charge in [0.05, 0.1) is 0 Å². The molecule has 2 rings (SSSR count). The molecule has 0 aliphatic carbocycles. The van der Waals surface area contributed by atoms with Crippen LogP contribution >= 0.6 is 0 Å². The van der Waals surface area contributed by atoms with E-state index in [2.05, 4.69) is 11.9 Å². The summed E-state index contributed by atoms with van der Waals surface area (Å²) in [5.41, 5.74) is 1.10. The van der Waals surface area contributed by atoms with Gasteiger partial charge in [-0.15, -0.1) is 0 Å². The van der Waals surface area contributed by atoms with Crippen molar-refractivity contribution in [3.8, 4) is 0 Å². The molecule has 1 aromatic heterocycles. The van der Waals surface area contributed by atoms with Gasteiger partial charge in [0.2, 0.25) is 0 Å². The van der Waals surface area contributed by atoms with Crippen LogP contribution in [0.4, 0.5) is 0 Å². The Balaban J connectivity index is 2.41. The van der Waals surface area contributed by atoms with E-state index in [0.29, 0.717) is 0 Å². The number of nitrogens with zero attached hydrogens (tertiary/aromatic N) is 2. The highest BCUT2D eigenvalue weighted by atomic mass is 16.1. The van der Waals surface area contributed by atoms with Crippen LogP contribution in [0.15, 0.2) is 10.9 Å². The fourth-order valence-electron chi connectivity index (χ4n) is 1.97. The molecule has 14 heavy (non-hydrogen) atoms. The first-order valence-corrected chi connectivity index (χ1v) is 5.41. The van der Waals surface area contributed by atoms with Crippen molar-refractivity contribution in [2.45, 2.75) is 45.6 Å². The van der Waals surface area contributed by atoms with Crippen molar-refractivity contribution in [3.63, 3.8) is 0 Å². The van der Waals surface area contributed by atoms with Crippen LogP contribution in [0.3, 0.4) is 0 Å². The Morgan fingerprint density at radius 2 is 2.36 bits per heavy atom. The lowest BCUT2D eigenvalue weighted by molar-refractivity contribution is 0.492. The Morgan fingerprint density at radius 1 is 1.50 bits per heavy atom. The van der Waals surface area contributed by atoms with Crippen molar-refractivity contribution < 1.29 is 0 Å². The van der Waals surface area contributed by atoms with Crippen molar-refractivity contribution in [3.05, 3.63) is 27.9 Å². The molecule has 0 saturated carbocycles. The summed E-state index contributed by atoms with van der Waals surface area (Å²) in [6.07, 6.45) is 5.22. The molecule has 0 unspecified atom stereocenters. The zero-order chi connectivity index (χ0) is 9.97. The molecule has 76 valence electrons. The number of aryl methyl sites for hydroxylation is 2. The molecule has 0 spiro atoms. The van der Waals surface area contributed by atoms with E-state index in [0.717, 1.165) is 43.7 Å². The van der Waals surface area contributed by atoms with Crippen LogP contribution in [0.5, 0.6) is 0 Å². The van der Waals surface area contributed by atoms with E-state index in [1.54, 1.807) is 6.07 Å². The van der Waals surface area contributed by atoms with Crippen LogP contribution in [0.25, 0.3) is 0 Å². The molecule has 0 saturated heterocycles.